The Morgan fingerprint density at radius 3 is 2.55 bits per heavy atom. The van der Waals surface area contributed by atoms with Gasteiger partial charge < -0.3 is 14.7 Å². The van der Waals surface area contributed by atoms with Gasteiger partial charge in [-0.15, -0.1) is 0 Å². The van der Waals surface area contributed by atoms with Crippen LogP contribution in [-0.2, 0) is 15.3 Å². The second-order valence-corrected chi connectivity index (χ2v) is 9.62. The Bertz CT molecular complexity index is 1040. The lowest BCUT2D eigenvalue weighted by Gasteiger charge is -2.17. The largest absolute Gasteiger partial charge is 0.370 e. The monoisotopic (exact) mass is 477 g/mol. The number of anilines is 1. The zero-order valence-corrected chi connectivity index (χ0v) is 19.2. The van der Waals surface area contributed by atoms with Gasteiger partial charge in [0.1, 0.15) is 5.82 Å². The van der Waals surface area contributed by atoms with E-state index in [0.717, 1.165) is 38.9 Å². The van der Waals surface area contributed by atoms with Crippen molar-refractivity contribution < 1.29 is 14.0 Å². The van der Waals surface area contributed by atoms with Gasteiger partial charge in [0.15, 0.2) is 5.82 Å². The molecule has 3 aromatic rings. The number of nitrogens with one attached hydrogen (secondary N) is 1. The molecule has 2 atom stereocenters. The summed E-state index contributed by atoms with van der Waals surface area (Å²) in [6.07, 6.45) is 0.418. The molecule has 0 saturated heterocycles. The number of aromatic nitrogens is 2. The Labute approximate surface area is 179 Å². The molecule has 1 heterocycles. The molecule has 29 heavy (non-hydrogen) atoms. The molecule has 0 saturated carbocycles. The second kappa shape index (κ2) is 9.35. The van der Waals surface area contributed by atoms with Crippen LogP contribution in [-0.4, -0.2) is 27.5 Å². The predicted octanol–water partition coefficient (Wildman–Crippen LogP) is 5.99. The minimum absolute atomic E-state index is 0.0210. The number of fused-ring (bicyclic) bond motifs is 1. The van der Waals surface area contributed by atoms with Crippen LogP contribution in [0.25, 0.3) is 22.3 Å². The summed E-state index contributed by atoms with van der Waals surface area (Å²) in [6, 6.07) is 13.3. The van der Waals surface area contributed by atoms with Gasteiger partial charge in [0.05, 0.1) is 17.8 Å². The third-order valence-corrected chi connectivity index (χ3v) is 6.46. The van der Waals surface area contributed by atoms with Crippen molar-refractivity contribution in [1.82, 2.24) is 9.97 Å². The Kier molecular flexibility index (Phi) is 7.06. The minimum Gasteiger partial charge on any atom is -0.370 e. The van der Waals surface area contributed by atoms with Crippen LogP contribution in [0.15, 0.2) is 46.9 Å². The Morgan fingerprint density at radius 1 is 1.17 bits per heavy atom. The number of hydrogen-bond donors (Lipinski definition) is 2. The van der Waals surface area contributed by atoms with Gasteiger partial charge in [-0.1, -0.05) is 47.1 Å². The number of nitrogens with zero attached hydrogens (tertiary/aromatic N) is 2. The van der Waals surface area contributed by atoms with Crippen molar-refractivity contribution in [2.75, 3.05) is 11.9 Å². The Morgan fingerprint density at radius 2 is 1.90 bits per heavy atom. The van der Waals surface area contributed by atoms with Crippen molar-refractivity contribution in [2.24, 2.45) is 0 Å². The summed E-state index contributed by atoms with van der Waals surface area (Å²) >= 11 is 3.50. The third-order valence-electron chi connectivity index (χ3n) is 4.52. The lowest BCUT2D eigenvalue weighted by Crippen LogP contribution is -2.05. The second-order valence-electron chi connectivity index (χ2n) is 6.90. The first-order valence-electron chi connectivity index (χ1n) is 9.62. The van der Waals surface area contributed by atoms with Crippen molar-refractivity contribution in [3.05, 3.63) is 52.5 Å². The molecular formula is C21H25BrN3O3P. The van der Waals surface area contributed by atoms with Crippen LogP contribution in [0.1, 0.15) is 32.8 Å². The number of halogens is 1. The van der Waals surface area contributed by atoms with Gasteiger partial charge in [-0.25, -0.2) is 9.97 Å². The maximum atomic E-state index is 12.3. The maximum Gasteiger partial charge on any atom is 0.332 e. The molecule has 2 aromatic carbocycles. The lowest BCUT2D eigenvalue weighted by molar-refractivity contribution is 0.185. The van der Waals surface area contributed by atoms with Gasteiger partial charge in [-0.3, -0.25) is 4.57 Å². The van der Waals surface area contributed by atoms with Crippen molar-refractivity contribution in [3.63, 3.8) is 0 Å². The molecule has 8 heteroatoms. The summed E-state index contributed by atoms with van der Waals surface area (Å²) in [4.78, 5) is 19.5. The molecule has 0 aliphatic heterocycles. The lowest BCUT2D eigenvalue weighted by atomic mass is 10.1. The fourth-order valence-electron chi connectivity index (χ4n) is 2.91. The van der Waals surface area contributed by atoms with Crippen molar-refractivity contribution in [1.29, 1.82) is 0 Å². The summed E-state index contributed by atoms with van der Waals surface area (Å²) in [7, 11) is -3.67. The fourth-order valence-corrected chi connectivity index (χ4v) is 4.73. The quantitative estimate of drug-likeness (QED) is 0.387. The van der Waals surface area contributed by atoms with E-state index in [-0.39, 0.29) is 12.3 Å². The highest BCUT2D eigenvalue weighted by atomic mass is 79.9. The van der Waals surface area contributed by atoms with Gasteiger partial charge in [0, 0.05) is 22.0 Å². The van der Waals surface area contributed by atoms with E-state index in [1.807, 2.05) is 56.3 Å². The molecule has 0 aliphatic carbocycles. The summed E-state index contributed by atoms with van der Waals surface area (Å²) < 4.78 is 18.5. The van der Waals surface area contributed by atoms with Crippen molar-refractivity contribution >= 4 is 40.2 Å². The van der Waals surface area contributed by atoms with E-state index in [4.69, 9.17) is 4.52 Å². The van der Waals surface area contributed by atoms with Crippen LogP contribution in [0.2, 0.25) is 0 Å². The third kappa shape index (κ3) is 5.64. The van der Waals surface area contributed by atoms with Gasteiger partial charge in [-0.05, 0) is 44.0 Å². The van der Waals surface area contributed by atoms with Gasteiger partial charge in [0.2, 0.25) is 0 Å². The Balaban J connectivity index is 1.88. The number of benzene rings is 2. The van der Waals surface area contributed by atoms with E-state index < -0.39 is 7.60 Å². The zero-order chi connectivity index (χ0) is 21.0. The number of rotatable bonds is 8. The molecule has 3 rings (SSSR count). The normalized spacial score (nSPS) is 14.5. The van der Waals surface area contributed by atoms with E-state index >= 15 is 0 Å². The van der Waals surface area contributed by atoms with Crippen LogP contribution in [0.4, 0.5) is 5.82 Å². The first-order valence-corrected chi connectivity index (χ1v) is 12.2. The van der Waals surface area contributed by atoms with Crippen LogP contribution < -0.4 is 5.32 Å². The van der Waals surface area contributed by atoms with E-state index in [0.29, 0.717) is 12.2 Å². The van der Waals surface area contributed by atoms with Crippen LogP contribution >= 0.6 is 23.5 Å². The molecule has 154 valence electrons. The molecule has 2 N–H and O–H groups in total. The SMILES string of the molecule is CCNc1nc(-c2ccc(CP(=O)(O)OC(C)CC)cc2)nc2ccc(Br)cc12. The van der Waals surface area contributed by atoms with Gasteiger partial charge in [0.25, 0.3) is 0 Å². The summed E-state index contributed by atoms with van der Waals surface area (Å²) in [5, 5.41) is 4.24. The summed E-state index contributed by atoms with van der Waals surface area (Å²) in [5.74, 6) is 1.38. The van der Waals surface area contributed by atoms with Crippen LogP contribution in [0.3, 0.4) is 0 Å². The zero-order valence-electron chi connectivity index (χ0n) is 16.7. The molecule has 0 radical (unpaired) electrons. The molecule has 0 bridgehead atoms. The summed E-state index contributed by atoms with van der Waals surface area (Å²) in [6.45, 7) is 6.49. The smallest absolute Gasteiger partial charge is 0.332 e. The molecule has 0 spiro atoms. The Hall–Kier alpha value is -1.79. The number of hydrogen-bond acceptors (Lipinski definition) is 5. The molecule has 6 nitrogen and oxygen atoms in total. The highest BCUT2D eigenvalue weighted by Gasteiger charge is 2.22. The first kappa shape index (κ1) is 21.9. The molecule has 1 aromatic heterocycles. The van der Waals surface area contributed by atoms with Gasteiger partial charge in [-0.2, -0.15) is 0 Å². The van der Waals surface area contributed by atoms with Crippen molar-refractivity contribution in [2.45, 2.75) is 39.5 Å². The predicted molar refractivity (Wildman–Crippen MR) is 121 cm³/mol. The van der Waals surface area contributed by atoms with E-state index in [1.54, 1.807) is 6.92 Å². The van der Waals surface area contributed by atoms with Crippen LogP contribution in [0.5, 0.6) is 0 Å². The maximum absolute atomic E-state index is 12.3. The average molecular weight is 478 g/mol. The molecular weight excluding hydrogens is 453 g/mol. The first-order chi connectivity index (χ1) is 13.8. The van der Waals surface area contributed by atoms with Crippen molar-refractivity contribution in [3.8, 4) is 11.4 Å². The van der Waals surface area contributed by atoms with E-state index in [9.17, 15) is 9.46 Å². The highest BCUT2D eigenvalue weighted by Crippen LogP contribution is 2.47. The van der Waals surface area contributed by atoms with E-state index in [1.165, 1.54) is 0 Å². The molecule has 2 unspecified atom stereocenters. The minimum atomic E-state index is -3.67. The molecule has 0 fully saturated rings. The fraction of sp³-hybridized carbons (Fsp3) is 0.333. The molecule has 0 amide bonds. The highest BCUT2D eigenvalue weighted by molar-refractivity contribution is 9.10. The summed E-state index contributed by atoms with van der Waals surface area (Å²) in [5.41, 5.74) is 2.42. The average Bonchev–Trinajstić information content (AvgIpc) is 2.68. The standard InChI is InChI=1S/C21H25BrN3O3P/c1-4-14(3)28-29(26,27)13-15-6-8-16(9-7-15)20-24-19-11-10-17(22)12-18(19)21(25-20)23-5-2/h6-12,14H,4-5,13H2,1-3H3,(H,26,27)(H,23,24,25). The molecule has 0 aliphatic rings. The van der Waals surface area contributed by atoms with Gasteiger partial charge >= 0.3 is 7.60 Å². The topological polar surface area (TPSA) is 84.3 Å². The van der Waals surface area contributed by atoms with Crippen LogP contribution in [0, 0.1) is 0 Å². The van der Waals surface area contributed by atoms with E-state index in [2.05, 4.69) is 31.2 Å².